The molecule has 0 radical (unpaired) electrons. The van der Waals surface area contributed by atoms with Gasteiger partial charge in [0.15, 0.2) is 0 Å². The summed E-state index contributed by atoms with van der Waals surface area (Å²) >= 11 is 0. The Hall–Kier alpha value is -1.49. The lowest BCUT2D eigenvalue weighted by atomic mass is 9.83. The highest BCUT2D eigenvalue weighted by atomic mass is 19.1. The van der Waals surface area contributed by atoms with Gasteiger partial charge in [-0.2, -0.15) is 0 Å². The molecule has 1 aromatic rings. The summed E-state index contributed by atoms with van der Waals surface area (Å²) in [6.07, 6.45) is 0. The van der Waals surface area contributed by atoms with Crippen LogP contribution in [0.1, 0.15) is 6.92 Å². The molecule has 1 aliphatic rings. The first-order chi connectivity index (χ1) is 7.51. The molecule has 1 fully saturated rings. The van der Waals surface area contributed by atoms with Crippen molar-refractivity contribution in [2.75, 3.05) is 18.4 Å². The average molecular weight is 226 g/mol. The topological polar surface area (TPSA) is 41.1 Å². The minimum Gasteiger partial charge on any atom is -0.323 e. The first kappa shape index (κ1) is 11.0. The lowest BCUT2D eigenvalue weighted by Gasteiger charge is -2.37. The number of carbonyl (C=O) groups is 1. The number of hydrogen-bond donors (Lipinski definition) is 2. The average Bonchev–Trinajstić information content (AvgIpc) is 2.18. The van der Waals surface area contributed by atoms with Crippen molar-refractivity contribution in [1.82, 2.24) is 5.32 Å². The minimum atomic E-state index is -0.760. The molecule has 0 spiro atoms. The summed E-state index contributed by atoms with van der Waals surface area (Å²) in [7, 11) is 0. The number of benzene rings is 1. The summed E-state index contributed by atoms with van der Waals surface area (Å²) in [5.74, 6) is -1.67. The van der Waals surface area contributed by atoms with Gasteiger partial charge in [0.05, 0.1) is 11.1 Å². The summed E-state index contributed by atoms with van der Waals surface area (Å²) in [6.45, 7) is 2.93. The van der Waals surface area contributed by atoms with E-state index < -0.39 is 17.0 Å². The molecule has 5 heteroatoms. The molecular formula is C11H12F2N2O. The van der Waals surface area contributed by atoms with E-state index in [1.54, 1.807) is 6.92 Å². The maximum Gasteiger partial charge on any atom is 0.232 e. The molecule has 2 N–H and O–H groups in total. The molecule has 1 aliphatic heterocycles. The summed E-state index contributed by atoms with van der Waals surface area (Å²) in [4.78, 5) is 11.7. The molecular weight excluding hydrogens is 214 g/mol. The van der Waals surface area contributed by atoms with Gasteiger partial charge in [-0.05, 0) is 19.1 Å². The van der Waals surface area contributed by atoms with Crippen molar-refractivity contribution < 1.29 is 13.6 Å². The van der Waals surface area contributed by atoms with Crippen molar-refractivity contribution in [2.24, 2.45) is 5.41 Å². The molecule has 0 atom stereocenters. The van der Waals surface area contributed by atoms with E-state index >= 15 is 0 Å². The fourth-order valence-corrected chi connectivity index (χ4v) is 1.52. The van der Waals surface area contributed by atoms with E-state index in [1.165, 1.54) is 6.07 Å². The Kier molecular flexibility index (Phi) is 2.63. The molecule has 1 aromatic carbocycles. The van der Waals surface area contributed by atoms with Gasteiger partial charge >= 0.3 is 0 Å². The van der Waals surface area contributed by atoms with E-state index in [4.69, 9.17) is 0 Å². The van der Waals surface area contributed by atoms with Gasteiger partial charge < -0.3 is 10.6 Å². The summed E-state index contributed by atoms with van der Waals surface area (Å²) in [5.41, 5.74) is -0.486. The first-order valence-electron chi connectivity index (χ1n) is 4.98. The smallest absolute Gasteiger partial charge is 0.232 e. The van der Waals surface area contributed by atoms with Crippen LogP contribution in [0.25, 0.3) is 0 Å². The molecule has 0 aromatic heterocycles. The maximum absolute atomic E-state index is 13.3. The highest BCUT2D eigenvalue weighted by Gasteiger charge is 2.39. The fourth-order valence-electron chi connectivity index (χ4n) is 1.52. The predicted molar refractivity (Wildman–Crippen MR) is 56.0 cm³/mol. The van der Waals surface area contributed by atoms with E-state index in [1.807, 2.05) is 0 Å². The number of amides is 1. The van der Waals surface area contributed by atoms with E-state index in [-0.39, 0.29) is 11.6 Å². The van der Waals surface area contributed by atoms with Crippen LogP contribution in [0.2, 0.25) is 0 Å². The van der Waals surface area contributed by atoms with Gasteiger partial charge in [-0.25, -0.2) is 8.78 Å². The number of nitrogens with one attached hydrogen (secondary N) is 2. The van der Waals surface area contributed by atoms with E-state index in [9.17, 15) is 13.6 Å². The van der Waals surface area contributed by atoms with Crippen LogP contribution in [0.4, 0.5) is 14.5 Å². The molecule has 86 valence electrons. The summed E-state index contributed by atoms with van der Waals surface area (Å²) in [6, 6.07) is 3.08. The molecule has 1 heterocycles. The second-order valence-corrected chi connectivity index (χ2v) is 4.24. The molecule has 0 unspecified atom stereocenters. The van der Waals surface area contributed by atoms with E-state index in [0.29, 0.717) is 13.1 Å². The number of carbonyl (C=O) groups excluding carboxylic acids is 1. The van der Waals surface area contributed by atoms with E-state index in [0.717, 1.165) is 12.1 Å². The highest BCUT2D eigenvalue weighted by Crippen LogP contribution is 2.24. The molecule has 16 heavy (non-hydrogen) atoms. The Morgan fingerprint density at radius 3 is 2.62 bits per heavy atom. The lowest BCUT2D eigenvalue weighted by molar-refractivity contribution is -0.127. The second kappa shape index (κ2) is 3.83. The maximum atomic E-state index is 13.3. The summed E-state index contributed by atoms with van der Waals surface area (Å²) in [5, 5.41) is 5.44. The number of anilines is 1. The van der Waals surface area contributed by atoms with Gasteiger partial charge in [0.1, 0.15) is 11.6 Å². The zero-order chi connectivity index (χ0) is 11.8. The molecule has 0 aliphatic carbocycles. The van der Waals surface area contributed by atoms with Crippen LogP contribution in [0.3, 0.4) is 0 Å². The van der Waals surface area contributed by atoms with Crippen LogP contribution in [0, 0.1) is 17.0 Å². The van der Waals surface area contributed by atoms with Crippen molar-refractivity contribution >= 4 is 11.6 Å². The van der Waals surface area contributed by atoms with Gasteiger partial charge in [-0.15, -0.1) is 0 Å². The Morgan fingerprint density at radius 1 is 1.44 bits per heavy atom. The normalized spacial score (nSPS) is 17.7. The van der Waals surface area contributed by atoms with Gasteiger partial charge in [-0.3, -0.25) is 4.79 Å². The monoisotopic (exact) mass is 226 g/mol. The van der Waals surface area contributed by atoms with Crippen LogP contribution < -0.4 is 10.6 Å². The second-order valence-electron chi connectivity index (χ2n) is 4.24. The number of hydrogen-bond acceptors (Lipinski definition) is 2. The van der Waals surface area contributed by atoms with Gasteiger partial charge in [0, 0.05) is 19.2 Å². The Morgan fingerprint density at radius 2 is 2.12 bits per heavy atom. The van der Waals surface area contributed by atoms with Crippen molar-refractivity contribution in [1.29, 1.82) is 0 Å². The van der Waals surface area contributed by atoms with Crippen LogP contribution >= 0.6 is 0 Å². The van der Waals surface area contributed by atoms with Crippen LogP contribution in [-0.4, -0.2) is 19.0 Å². The third-order valence-corrected chi connectivity index (χ3v) is 2.76. The molecule has 1 saturated heterocycles. The lowest BCUT2D eigenvalue weighted by Crippen LogP contribution is -2.58. The SMILES string of the molecule is CC1(C(=O)Nc2ccc(F)cc2F)CNC1. The van der Waals surface area contributed by atoms with E-state index in [2.05, 4.69) is 10.6 Å². The highest BCUT2D eigenvalue weighted by molar-refractivity contribution is 5.96. The van der Waals surface area contributed by atoms with Crippen molar-refractivity contribution in [3.8, 4) is 0 Å². The Labute approximate surface area is 91.8 Å². The molecule has 3 nitrogen and oxygen atoms in total. The Bertz CT molecular complexity index is 430. The molecule has 0 bridgehead atoms. The Balaban J connectivity index is 2.12. The summed E-state index contributed by atoms with van der Waals surface area (Å²) < 4.78 is 25.9. The number of halogens is 2. The minimum absolute atomic E-state index is 0.0134. The largest absolute Gasteiger partial charge is 0.323 e. The zero-order valence-corrected chi connectivity index (χ0v) is 8.81. The predicted octanol–water partition coefficient (Wildman–Crippen LogP) is 1.51. The van der Waals surface area contributed by atoms with Crippen LogP contribution in [-0.2, 0) is 4.79 Å². The molecule has 2 rings (SSSR count). The third-order valence-electron chi connectivity index (χ3n) is 2.76. The third kappa shape index (κ3) is 1.90. The fraction of sp³-hybridized carbons (Fsp3) is 0.364. The van der Waals surface area contributed by atoms with Gasteiger partial charge in [-0.1, -0.05) is 0 Å². The van der Waals surface area contributed by atoms with Crippen LogP contribution in [0.5, 0.6) is 0 Å². The van der Waals surface area contributed by atoms with Crippen molar-refractivity contribution in [3.63, 3.8) is 0 Å². The van der Waals surface area contributed by atoms with Crippen molar-refractivity contribution in [3.05, 3.63) is 29.8 Å². The first-order valence-corrected chi connectivity index (χ1v) is 4.98. The van der Waals surface area contributed by atoms with Crippen LogP contribution in [0.15, 0.2) is 18.2 Å². The van der Waals surface area contributed by atoms with Gasteiger partial charge in [0.25, 0.3) is 0 Å². The quantitative estimate of drug-likeness (QED) is 0.802. The molecule has 0 saturated carbocycles. The zero-order valence-electron chi connectivity index (χ0n) is 8.81. The standard InChI is InChI=1S/C11H12F2N2O/c1-11(5-14-6-11)10(16)15-9-3-2-7(12)4-8(9)13/h2-4,14H,5-6H2,1H3,(H,15,16). The van der Waals surface area contributed by atoms with Gasteiger partial charge in [0.2, 0.25) is 5.91 Å². The van der Waals surface area contributed by atoms with Crippen molar-refractivity contribution in [2.45, 2.75) is 6.92 Å². The number of rotatable bonds is 2. The molecule has 1 amide bonds.